The molecule has 0 bridgehead atoms. The Morgan fingerprint density at radius 2 is 1.68 bits per heavy atom. The van der Waals surface area contributed by atoms with Crippen LogP contribution in [0.1, 0.15) is 37.6 Å². The first-order valence-corrected chi connectivity index (χ1v) is 14.1. The lowest BCUT2D eigenvalue weighted by molar-refractivity contribution is 0.327. The number of methoxy groups -OCH3 is 2. The van der Waals surface area contributed by atoms with Gasteiger partial charge in [-0.15, -0.1) is 0 Å². The molecule has 3 heterocycles. The Bertz CT molecular complexity index is 1560. The highest BCUT2D eigenvalue weighted by Gasteiger charge is 2.27. The summed E-state index contributed by atoms with van der Waals surface area (Å²) in [6.45, 7) is 2.34. The van der Waals surface area contributed by atoms with Gasteiger partial charge in [-0.3, -0.25) is 4.57 Å². The molecule has 2 N–H and O–H groups in total. The molecule has 12 heteroatoms. The molecular formula is C26H30N6O5S. The van der Waals surface area contributed by atoms with Gasteiger partial charge in [0.2, 0.25) is 15.9 Å². The van der Waals surface area contributed by atoms with Crippen LogP contribution in [0, 0.1) is 5.92 Å². The molecule has 1 aliphatic carbocycles. The fourth-order valence-electron chi connectivity index (χ4n) is 4.42. The van der Waals surface area contributed by atoms with E-state index in [4.69, 9.17) is 34.3 Å². The van der Waals surface area contributed by atoms with Gasteiger partial charge in [-0.25, -0.2) is 33.5 Å². The first-order chi connectivity index (χ1) is 18.3. The number of nitrogens with two attached hydrogens (primary N) is 1. The molecule has 1 saturated carbocycles. The van der Waals surface area contributed by atoms with E-state index in [1.807, 2.05) is 19.1 Å². The largest absolute Gasteiger partial charge is 0.494 e. The van der Waals surface area contributed by atoms with Crippen LogP contribution >= 0.6 is 0 Å². The lowest BCUT2D eigenvalue weighted by Crippen LogP contribution is -2.18. The van der Waals surface area contributed by atoms with Gasteiger partial charge < -0.3 is 14.2 Å². The highest BCUT2D eigenvalue weighted by Crippen LogP contribution is 2.38. The second-order valence-corrected chi connectivity index (χ2v) is 10.7. The van der Waals surface area contributed by atoms with E-state index in [9.17, 15) is 8.42 Å². The first kappa shape index (κ1) is 25.9. The number of ether oxygens (including phenoxy) is 3. The van der Waals surface area contributed by atoms with Gasteiger partial charge in [-0.2, -0.15) is 0 Å². The number of hydrogen-bond acceptors (Lipinski definition) is 9. The van der Waals surface area contributed by atoms with Crippen molar-refractivity contribution >= 4 is 21.3 Å². The Hall–Kier alpha value is -3.77. The van der Waals surface area contributed by atoms with Gasteiger partial charge in [0.1, 0.15) is 28.6 Å². The maximum atomic E-state index is 12.1. The zero-order chi connectivity index (χ0) is 26.9. The molecule has 4 aromatic rings. The van der Waals surface area contributed by atoms with Crippen molar-refractivity contribution < 1.29 is 22.6 Å². The number of sulfonamides is 1. The number of imidazole rings is 1. The summed E-state index contributed by atoms with van der Waals surface area (Å²) in [4.78, 5) is 19.1. The van der Waals surface area contributed by atoms with Gasteiger partial charge in [-0.1, -0.05) is 25.0 Å². The standard InChI is InChI=1S/C26H30N6O5S/c1-4-37-22-10-5-7-18(28-22)25-31-24-26(32(25)23-20(35-2)8-6-9-21(23)36-3)30-19(15-38(27,33)34)17(29-24)14-13-16-11-12-16/h5-10,16H,4,11-15H2,1-3H3,(H2,27,33,34). The van der Waals surface area contributed by atoms with E-state index in [2.05, 4.69) is 4.98 Å². The van der Waals surface area contributed by atoms with Crippen molar-refractivity contribution in [2.75, 3.05) is 20.8 Å². The lowest BCUT2D eigenvalue weighted by atomic mass is 10.1. The van der Waals surface area contributed by atoms with E-state index >= 15 is 0 Å². The zero-order valence-corrected chi connectivity index (χ0v) is 22.4. The highest BCUT2D eigenvalue weighted by atomic mass is 32.2. The van der Waals surface area contributed by atoms with Crippen LogP contribution in [-0.2, 0) is 22.2 Å². The number of benzene rings is 1. The molecule has 0 spiro atoms. The van der Waals surface area contributed by atoms with Crippen LogP contribution in [0.15, 0.2) is 36.4 Å². The normalized spacial score (nSPS) is 13.6. The zero-order valence-electron chi connectivity index (χ0n) is 21.5. The molecule has 200 valence electrons. The number of hydrogen-bond donors (Lipinski definition) is 1. The molecule has 1 fully saturated rings. The Morgan fingerprint density at radius 1 is 0.974 bits per heavy atom. The molecule has 0 unspecified atom stereocenters. The number of fused-ring (bicyclic) bond motifs is 1. The minimum absolute atomic E-state index is 0.304. The summed E-state index contributed by atoms with van der Waals surface area (Å²) in [5.74, 6) is 2.06. The second kappa shape index (κ2) is 10.5. The van der Waals surface area contributed by atoms with E-state index in [-0.39, 0.29) is 0 Å². The van der Waals surface area contributed by atoms with Crippen molar-refractivity contribution in [3.8, 4) is 34.6 Å². The van der Waals surface area contributed by atoms with Gasteiger partial charge in [-0.05, 0) is 43.9 Å². The fourth-order valence-corrected chi connectivity index (χ4v) is 5.03. The van der Waals surface area contributed by atoms with Gasteiger partial charge in [0.05, 0.1) is 32.2 Å². The van der Waals surface area contributed by atoms with Crippen molar-refractivity contribution in [1.82, 2.24) is 24.5 Å². The summed E-state index contributed by atoms with van der Waals surface area (Å²) in [5, 5.41) is 5.45. The van der Waals surface area contributed by atoms with Gasteiger partial charge in [0.15, 0.2) is 17.1 Å². The van der Waals surface area contributed by atoms with E-state index in [1.54, 1.807) is 43.1 Å². The number of aryl methyl sites for hydroxylation is 1. The number of rotatable bonds is 11. The number of pyridine rings is 1. The van der Waals surface area contributed by atoms with Crippen LogP contribution in [0.25, 0.3) is 28.5 Å². The average molecular weight is 539 g/mol. The van der Waals surface area contributed by atoms with E-state index < -0.39 is 15.8 Å². The van der Waals surface area contributed by atoms with E-state index in [0.29, 0.717) is 76.2 Å². The maximum Gasteiger partial charge on any atom is 0.214 e. The Labute approximate surface area is 221 Å². The second-order valence-electron chi connectivity index (χ2n) is 9.13. The molecule has 0 amide bonds. The number of aromatic nitrogens is 5. The van der Waals surface area contributed by atoms with Gasteiger partial charge >= 0.3 is 0 Å². The minimum atomic E-state index is -3.86. The summed E-state index contributed by atoms with van der Waals surface area (Å²) in [6.07, 6.45) is 3.85. The predicted octanol–water partition coefficient (Wildman–Crippen LogP) is 3.42. The van der Waals surface area contributed by atoms with Crippen molar-refractivity contribution in [2.24, 2.45) is 11.1 Å². The van der Waals surface area contributed by atoms with Crippen LogP contribution in [0.2, 0.25) is 0 Å². The quantitative estimate of drug-likeness (QED) is 0.304. The van der Waals surface area contributed by atoms with E-state index in [0.717, 1.165) is 6.42 Å². The Morgan fingerprint density at radius 3 is 2.32 bits per heavy atom. The number of primary sulfonamides is 1. The number of nitrogens with zero attached hydrogens (tertiary/aromatic N) is 5. The van der Waals surface area contributed by atoms with Crippen LogP contribution in [-0.4, -0.2) is 53.7 Å². The van der Waals surface area contributed by atoms with Gasteiger partial charge in [0.25, 0.3) is 0 Å². The molecule has 3 aromatic heterocycles. The smallest absolute Gasteiger partial charge is 0.214 e. The van der Waals surface area contributed by atoms with Crippen molar-refractivity contribution in [3.63, 3.8) is 0 Å². The molecule has 0 atom stereocenters. The predicted molar refractivity (Wildman–Crippen MR) is 142 cm³/mol. The Balaban J connectivity index is 1.81. The topological polar surface area (TPSA) is 144 Å². The summed E-state index contributed by atoms with van der Waals surface area (Å²) < 4.78 is 43.0. The molecule has 1 aliphatic rings. The molecule has 0 saturated heterocycles. The third-order valence-corrected chi connectivity index (χ3v) is 7.02. The lowest BCUT2D eigenvalue weighted by Gasteiger charge is -2.16. The monoisotopic (exact) mass is 538 g/mol. The van der Waals surface area contributed by atoms with Crippen LogP contribution in [0.4, 0.5) is 0 Å². The summed E-state index contributed by atoms with van der Waals surface area (Å²) >= 11 is 0. The molecule has 1 aromatic carbocycles. The Kier molecular flexibility index (Phi) is 7.17. The third-order valence-electron chi connectivity index (χ3n) is 6.34. The fraction of sp³-hybridized carbons (Fsp3) is 0.385. The summed E-state index contributed by atoms with van der Waals surface area (Å²) in [5.41, 5.74) is 2.60. The van der Waals surface area contributed by atoms with Crippen molar-refractivity contribution in [3.05, 3.63) is 47.8 Å². The first-order valence-electron chi connectivity index (χ1n) is 12.4. The SMILES string of the molecule is CCOc1cccc(-c2nc3nc(CCC4CC4)c(CS(N)(=O)=O)nc3n2-c2c(OC)cccc2OC)n1. The highest BCUT2D eigenvalue weighted by molar-refractivity contribution is 7.88. The van der Waals surface area contributed by atoms with Crippen molar-refractivity contribution in [1.29, 1.82) is 0 Å². The molecular weight excluding hydrogens is 508 g/mol. The minimum Gasteiger partial charge on any atom is -0.494 e. The van der Waals surface area contributed by atoms with Crippen LogP contribution < -0.4 is 19.3 Å². The number of para-hydroxylation sites is 1. The van der Waals surface area contributed by atoms with Gasteiger partial charge in [0, 0.05) is 6.07 Å². The molecule has 5 rings (SSSR count). The van der Waals surface area contributed by atoms with Crippen LogP contribution in [0.3, 0.4) is 0 Å². The molecule has 0 radical (unpaired) electrons. The average Bonchev–Trinajstić information content (AvgIpc) is 3.66. The van der Waals surface area contributed by atoms with Crippen molar-refractivity contribution in [2.45, 2.75) is 38.4 Å². The summed E-state index contributed by atoms with van der Waals surface area (Å²) in [6, 6.07) is 10.8. The summed E-state index contributed by atoms with van der Waals surface area (Å²) in [7, 11) is -0.753. The molecule has 38 heavy (non-hydrogen) atoms. The third kappa shape index (κ3) is 5.41. The molecule has 11 nitrogen and oxygen atoms in total. The maximum absolute atomic E-state index is 12.1. The van der Waals surface area contributed by atoms with Crippen LogP contribution in [0.5, 0.6) is 17.4 Å². The molecule has 0 aliphatic heterocycles. The van der Waals surface area contributed by atoms with E-state index in [1.165, 1.54) is 12.8 Å².